The van der Waals surface area contributed by atoms with Crippen molar-refractivity contribution in [3.63, 3.8) is 0 Å². The number of nitrogens with zero attached hydrogens (tertiary/aromatic N) is 2. The Kier molecular flexibility index (Phi) is 6.46. The summed E-state index contributed by atoms with van der Waals surface area (Å²) >= 11 is 0. The van der Waals surface area contributed by atoms with Crippen molar-refractivity contribution in [2.45, 2.75) is 6.18 Å². The highest BCUT2D eigenvalue weighted by Gasteiger charge is 2.30. The molecule has 1 aliphatic heterocycles. The van der Waals surface area contributed by atoms with E-state index in [4.69, 9.17) is 5.53 Å². The van der Waals surface area contributed by atoms with Crippen molar-refractivity contribution in [2.75, 3.05) is 31.5 Å². The highest BCUT2D eigenvalue weighted by atomic mass is 19.4. The van der Waals surface area contributed by atoms with Crippen LogP contribution in [0, 0.1) is 5.53 Å². The number of hydrogen-bond acceptors (Lipinski definition) is 6. The molecule has 0 radical (unpaired) electrons. The minimum absolute atomic E-state index is 0.0102. The lowest BCUT2D eigenvalue weighted by Gasteiger charge is -2.27. The molecule has 1 aromatic heterocycles. The second kappa shape index (κ2) is 9.48. The zero-order valence-corrected chi connectivity index (χ0v) is 17.9. The van der Waals surface area contributed by atoms with E-state index in [1.165, 1.54) is 18.3 Å². The van der Waals surface area contributed by atoms with Gasteiger partial charge in [0.15, 0.2) is 0 Å². The molecule has 11 heteroatoms. The van der Waals surface area contributed by atoms with Gasteiger partial charge < -0.3 is 20.5 Å². The molecule has 1 fully saturated rings. The van der Waals surface area contributed by atoms with Crippen molar-refractivity contribution in [2.24, 2.45) is 5.11 Å². The van der Waals surface area contributed by atoms with E-state index < -0.39 is 17.3 Å². The fourth-order valence-corrected chi connectivity index (χ4v) is 3.65. The van der Waals surface area contributed by atoms with E-state index in [1.54, 1.807) is 29.2 Å². The first-order valence-corrected chi connectivity index (χ1v) is 10.4. The first-order chi connectivity index (χ1) is 16.3. The Morgan fingerprint density at radius 1 is 1.09 bits per heavy atom. The monoisotopic (exact) mass is 470 g/mol. The van der Waals surface area contributed by atoms with Gasteiger partial charge in [-0.2, -0.15) is 18.3 Å². The Morgan fingerprint density at radius 3 is 2.44 bits per heavy atom. The standard InChI is InChI=1S/C23H21F3N6O2/c24-23(25,26)16-4-1-15-11-18(21(33)30-19(15)12-16)20(31-27)13-29-17-5-2-14(3-6-17)22(34)32-9-7-28-8-10-32/h1-6,11-13,27-29H,7-10H2,(H,30,33)/b20-13-,31-27?. The Morgan fingerprint density at radius 2 is 1.79 bits per heavy atom. The summed E-state index contributed by atoms with van der Waals surface area (Å²) in [5.74, 6) is -0.0539. The second-order valence-corrected chi connectivity index (χ2v) is 7.72. The van der Waals surface area contributed by atoms with Crippen molar-refractivity contribution in [3.8, 4) is 0 Å². The lowest BCUT2D eigenvalue weighted by atomic mass is 10.1. The molecule has 0 saturated carbocycles. The quantitative estimate of drug-likeness (QED) is 0.422. The third kappa shape index (κ3) is 4.99. The zero-order valence-electron chi connectivity index (χ0n) is 17.9. The lowest BCUT2D eigenvalue weighted by Crippen LogP contribution is -2.46. The number of alkyl halides is 3. The molecule has 0 aliphatic carbocycles. The summed E-state index contributed by atoms with van der Waals surface area (Å²) in [5, 5.41) is 9.88. The molecule has 1 amide bonds. The van der Waals surface area contributed by atoms with Crippen LogP contribution in [0.1, 0.15) is 21.5 Å². The molecular formula is C23H21F3N6O2. The molecule has 8 nitrogen and oxygen atoms in total. The van der Waals surface area contributed by atoms with Crippen molar-refractivity contribution in [1.29, 1.82) is 5.53 Å². The van der Waals surface area contributed by atoms with Crippen molar-refractivity contribution in [1.82, 2.24) is 15.2 Å². The second-order valence-electron chi connectivity index (χ2n) is 7.72. The summed E-state index contributed by atoms with van der Waals surface area (Å²) in [7, 11) is 0. The molecule has 0 spiro atoms. The molecule has 4 rings (SSSR count). The largest absolute Gasteiger partial charge is 0.416 e. The number of amides is 1. The van der Waals surface area contributed by atoms with Gasteiger partial charge in [0.1, 0.15) is 5.70 Å². The summed E-state index contributed by atoms with van der Waals surface area (Å²) in [6.45, 7) is 2.81. The average Bonchev–Trinajstić information content (AvgIpc) is 2.84. The van der Waals surface area contributed by atoms with Gasteiger partial charge in [-0.25, -0.2) is 5.53 Å². The normalized spacial score (nSPS) is 14.8. The Bertz CT molecular complexity index is 1310. The number of piperazine rings is 1. The minimum Gasteiger partial charge on any atom is -0.360 e. The maximum Gasteiger partial charge on any atom is 0.416 e. The number of fused-ring (bicyclic) bond motifs is 1. The topological polar surface area (TPSA) is 113 Å². The first kappa shape index (κ1) is 23.2. The van der Waals surface area contributed by atoms with E-state index >= 15 is 0 Å². The molecule has 4 N–H and O–H groups in total. The molecule has 0 atom stereocenters. The number of H-pyrrole nitrogens is 1. The summed E-state index contributed by atoms with van der Waals surface area (Å²) in [6, 6.07) is 11.2. The van der Waals surface area contributed by atoms with Crippen molar-refractivity contribution < 1.29 is 18.0 Å². The number of anilines is 1. The SMILES string of the molecule is N=N/C(=C\Nc1ccc(C(=O)N2CCNCC2)cc1)c1cc2ccc(C(F)(F)F)cc2[nH]c1=O. The van der Waals surface area contributed by atoms with E-state index in [9.17, 15) is 22.8 Å². The van der Waals surface area contributed by atoms with E-state index in [1.807, 2.05) is 0 Å². The number of nitrogens with one attached hydrogen (secondary N) is 4. The van der Waals surface area contributed by atoms with Crippen LogP contribution >= 0.6 is 0 Å². The number of benzene rings is 2. The van der Waals surface area contributed by atoms with Crippen LogP contribution in [0.3, 0.4) is 0 Å². The number of hydrogen-bond donors (Lipinski definition) is 4. The first-order valence-electron chi connectivity index (χ1n) is 10.4. The Hall–Kier alpha value is -3.99. The molecule has 34 heavy (non-hydrogen) atoms. The van der Waals surface area contributed by atoms with Crippen molar-refractivity contribution in [3.05, 3.63) is 81.8 Å². The third-order valence-electron chi connectivity index (χ3n) is 5.48. The molecule has 1 saturated heterocycles. The molecule has 3 aromatic rings. The van der Waals surface area contributed by atoms with Gasteiger partial charge in [0.05, 0.1) is 11.1 Å². The highest BCUT2D eigenvalue weighted by molar-refractivity contribution is 5.94. The van der Waals surface area contributed by atoms with Gasteiger partial charge in [-0.1, -0.05) is 6.07 Å². The van der Waals surface area contributed by atoms with Gasteiger partial charge in [0.25, 0.3) is 11.5 Å². The van der Waals surface area contributed by atoms with Gasteiger partial charge in [-0.3, -0.25) is 9.59 Å². The third-order valence-corrected chi connectivity index (χ3v) is 5.48. The predicted octanol–water partition coefficient (Wildman–Crippen LogP) is 4.03. The number of aromatic nitrogens is 1. The number of aromatic amines is 1. The van der Waals surface area contributed by atoms with Gasteiger partial charge >= 0.3 is 6.18 Å². The number of carbonyl (C=O) groups is 1. The van der Waals surface area contributed by atoms with Crippen LogP contribution in [0.4, 0.5) is 18.9 Å². The lowest BCUT2D eigenvalue weighted by molar-refractivity contribution is -0.137. The summed E-state index contributed by atoms with van der Waals surface area (Å²) in [6.07, 6.45) is -3.18. The Balaban J connectivity index is 1.54. The molecule has 176 valence electrons. The Labute approximate surface area is 192 Å². The van der Waals surface area contributed by atoms with Gasteiger partial charge in [-0.15, -0.1) is 0 Å². The van der Waals surface area contributed by atoms with Crippen LogP contribution in [0.5, 0.6) is 0 Å². The van der Waals surface area contributed by atoms with E-state index in [-0.39, 0.29) is 22.7 Å². The predicted molar refractivity (Wildman–Crippen MR) is 122 cm³/mol. The molecule has 0 bridgehead atoms. The van der Waals surface area contributed by atoms with Crippen LogP contribution < -0.4 is 16.2 Å². The van der Waals surface area contributed by atoms with Crippen LogP contribution in [0.25, 0.3) is 16.6 Å². The van der Waals surface area contributed by atoms with E-state index in [2.05, 4.69) is 20.7 Å². The molecule has 2 aromatic carbocycles. The number of carbonyl (C=O) groups excluding carboxylic acids is 1. The fourth-order valence-electron chi connectivity index (χ4n) is 3.65. The highest BCUT2D eigenvalue weighted by Crippen LogP contribution is 2.31. The smallest absolute Gasteiger partial charge is 0.360 e. The van der Waals surface area contributed by atoms with Crippen LogP contribution in [0.15, 0.2) is 64.6 Å². The summed E-state index contributed by atoms with van der Waals surface area (Å²) < 4.78 is 38.8. The minimum atomic E-state index is -4.53. The number of rotatable bonds is 5. The van der Waals surface area contributed by atoms with E-state index in [0.29, 0.717) is 29.7 Å². The maximum absolute atomic E-state index is 12.9. The van der Waals surface area contributed by atoms with Gasteiger partial charge in [0.2, 0.25) is 0 Å². The van der Waals surface area contributed by atoms with Crippen LogP contribution in [-0.2, 0) is 6.18 Å². The summed E-state index contributed by atoms with van der Waals surface area (Å²) in [5.41, 5.74) is 7.10. The molecule has 2 heterocycles. The average molecular weight is 470 g/mol. The van der Waals surface area contributed by atoms with Gasteiger partial charge in [-0.05, 0) is 47.9 Å². The maximum atomic E-state index is 12.9. The van der Waals surface area contributed by atoms with Crippen LogP contribution in [-0.4, -0.2) is 42.0 Å². The molecule has 0 unspecified atom stereocenters. The van der Waals surface area contributed by atoms with Gasteiger partial charge in [0, 0.05) is 49.1 Å². The number of halogens is 3. The number of pyridine rings is 1. The van der Waals surface area contributed by atoms with E-state index in [0.717, 1.165) is 25.2 Å². The zero-order chi connectivity index (χ0) is 24.3. The fraction of sp³-hybridized carbons (Fsp3) is 0.217. The van der Waals surface area contributed by atoms with Crippen LogP contribution in [0.2, 0.25) is 0 Å². The summed E-state index contributed by atoms with van der Waals surface area (Å²) in [4.78, 5) is 29.2. The van der Waals surface area contributed by atoms with Crippen molar-refractivity contribution >= 4 is 28.2 Å². The molecule has 1 aliphatic rings. The molecular weight excluding hydrogens is 449 g/mol.